The van der Waals surface area contributed by atoms with Gasteiger partial charge in [-0.3, -0.25) is 23.5 Å². The second-order valence-corrected chi connectivity index (χ2v) is 42.7. The predicted octanol–water partition coefficient (Wildman–Crippen LogP) is 41.1. The lowest BCUT2D eigenvalue weighted by Crippen LogP contribution is -2.13. The number of hydrogen-bond acceptors (Lipinski definition) is 5. The molecule has 0 aliphatic heterocycles. The van der Waals surface area contributed by atoms with Gasteiger partial charge in [0.25, 0.3) is 0 Å². The van der Waals surface area contributed by atoms with Crippen LogP contribution in [0.4, 0.5) is 23.5 Å². The van der Waals surface area contributed by atoms with E-state index in [-0.39, 0.29) is 23.5 Å². The van der Waals surface area contributed by atoms with Gasteiger partial charge < -0.3 is 23.7 Å². The molecule has 140 heavy (non-hydrogen) atoms. The van der Waals surface area contributed by atoms with Crippen molar-refractivity contribution >= 4 is 63.1 Å². The van der Waals surface area contributed by atoms with Gasteiger partial charge in [-0.25, -0.2) is 0 Å². The molecule has 5 aliphatic carbocycles. The third-order valence-electron chi connectivity index (χ3n) is 30.0. The minimum atomic E-state index is 0. The SMILES string of the molecule is CCCCCC[C@H]1CC[C@H](c2ccc(COc3ccc([S])cc3)cc2)CC1.CCCCCC[C@H]1CC[C@H](c2ccc(COc3ccc([S])cc3)cc2)CC1.CCCCCC[C@H]1CC[C@H](c2ccc(COc3ccc([S])cc3)cc2)CC1.CCCCCC[C@H]1CC[C@H](c2ccc(COc3ccc([S])cc3)cc2)CC1.CCCCCC[C@H]1CC[C@H](c2ccc(COc3ccc([S])cc3)cc2)CC1.F.F.F.F.F. The van der Waals surface area contributed by atoms with Crippen molar-refractivity contribution in [2.75, 3.05) is 0 Å². The maximum absolute atomic E-state index is 5.85. The van der Waals surface area contributed by atoms with Crippen LogP contribution in [-0.2, 0) is 33.0 Å². The standard InChI is InChI=1S/5C25H33OS.5FH/c5*1-2-3-4-5-6-20-7-11-22(12-8-20)23-13-9-21(10-14-23)19-26-24-15-17-25(27)18-16-24;;;;;/h5*9-10,13-18,20,22H,2-8,11-12,19H2,1H3;5*1H/t5*20-,22-;;;;;. The molecular weight excluding hydrogens is 1840 g/mol. The number of ether oxygens (including phenoxy) is 5. The van der Waals surface area contributed by atoms with Crippen LogP contribution < -0.4 is 23.7 Å². The van der Waals surface area contributed by atoms with Gasteiger partial charge in [-0.15, -0.1) is 0 Å². The average Bonchev–Trinajstić information content (AvgIpc) is 0.863. The van der Waals surface area contributed by atoms with Gasteiger partial charge in [0.15, 0.2) is 0 Å². The second kappa shape index (κ2) is 70.6. The van der Waals surface area contributed by atoms with Crippen LogP contribution >= 0.6 is 63.1 Å². The van der Waals surface area contributed by atoms with Gasteiger partial charge >= 0.3 is 0 Å². The van der Waals surface area contributed by atoms with Crippen LogP contribution in [0.5, 0.6) is 28.7 Å². The lowest BCUT2D eigenvalue weighted by molar-refractivity contribution is 0.301. The molecule has 15 rings (SSSR count). The van der Waals surface area contributed by atoms with Crippen molar-refractivity contribution in [3.63, 3.8) is 0 Å². The monoisotopic (exact) mass is 2010 g/mol. The lowest BCUT2D eigenvalue weighted by Gasteiger charge is -2.29. The number of halogens is 5. The molecule has 0 unspecified atom stereocenters. The highest BCUT2D eigenvalue weighted by Crippen LogP contribution is 2.44. The van der Waals surface area contributed by atoms with Gasteiger partial charge in [0.2, 0.25) is 0 Å². The topological polar surface area (TPSA) is 46.2 Å². The van der Waals surface area contributed by atoms with Crippen molar-refractivity contribution in [1.29, 1.82) is 0 Å². The summed E-state index contributed by atoms with van der Waals surface area (Å²) in [6.45, 7) is 14.5. The van der Waals surface area contributed by atoms with E-state index < -0.39 is 0 Å². The smallest absolute Gasteiger partial charge is 0.119 e. The zero-order valence-corrected chi connectivity index (χ0v) is 89.4. The number of hydrogen-bond donors (Lipinski definition) is 0. The van der Waals surface area contributed by atoms with Crippen molar-refractivity contribution < 1.29 is 47.2 Å². The molecule has 10 aromatic rings. The predicted molar refractivity (Wildman–Crippen MR) is 595 cm³/mol. The first-order valence-corrected chi connectivity index (χ1v) is 55.7. The zero-order chi connectivity index (χ0) is 94.5. The van der Waals surface area contributed by atoms with Crippen molar-refractivity contribution in [2.45, 2.75) is 411 Å². The summed E-state index contributed by atoms with van der Waals surface area (Å²) in [5.74, 6) is 13.1. The first-order valence-electron chi connectivity index (χ1n) is 53.7. The minimum absolute atomic E-state index is 0. The van der Waals surface area contributed by atoms with E-state index >= 15 is 0 Å². The van der Waals surface area contributed by atoms with Crippen molar-refractivity contribution in [3.8, 4) is 28.7 Å². The highest BCUT2D eigenvalue weighted by Gasteiger charge is 2.28. The number of benzene rings is 10. The van der Waals surface area contributed by atoms with Crippen molar-refractivity contribution in [1.82, 2.24) is 0 Å². The van der Waals surface area contributed by atoms with Gasteiger partial charge in [0.05, 0.1) is 0 Å². The fraction of sp³-hybridized carbons (Fsp3) is 0.520. The quantitative estimate of drug-likeness (QED) is 0.0281. The van der Waals surface area contributed by atoms with Gasteiger partial charge in [0, 0.05) is 24.5 Å². The van der Waals surface area contributed by atoms with Crippen molar-refractivity contribution in [2.24, 2.45) is 29.6 Å². The highest BCUT2D eigenvalue weighted by atomic mass is 32.1. The molecular formula is C125H170F5O5S5. The maximum Gasteiger partial charge on any atom is 0.119 e. The molecule has 0 bridgehead atoms. The summed E-state index contributed by atoms with van der Waals surface area (Å²) in [6, 6.07) is 84.0. The van der Waals surface area contributed by atoms with Crippen LogP contribution in [0.25, 0.3) is 0 Å². The third kappa shape index (κ3) is 45.9. The number of unbranched alkanes of at least 4 members (excludes halogenated alkanes) is 15. The van der Waals surface area contributed by atoms with Crippen LogP contribution in [0.1, 0.15) is 409 Å². The Morgan fingerprint density at radius 3 is 0.436 bits per heavy atom. The third-order valence-corrected chi connectivity index (χ3v) is 31.3. The molecule has 5 fully saturated rings. The fourth-order valence-corrected chi connectivity index (χ4v) is 21.8. The van der Waals surface area contributed by atoms with Gasteiger partial charge in [-0.05, 0) is 365 Å². The Labute approximate surface area is 871 Å². The Kier molecular flexibility index (Phi) is 60.9. The summed E-state index contributed by atoms with van der Waals surface area (Å²) in [4.78, 5) is 4.25. The molecule has 0 heterocycles. The van der Waals surface area contributed by atoms with E-state index in [1.54, 1.807) is 0 Å². The van der Waals surface area contributed by atoms with Crippen LogP contribution in [-0.4, -0.2) is 0 Å². The molecule has 5 aliphatic rings. The Hall–Kier alpha value is -8.05. The summed E-state index contributed by atoms with van der Waals surface area (Å²) in [7, 11) is 0. The normalized spacial score (nSPS) is 19.0. The molecule has 5 radical (unpaired) electrons. The molecule has 0 atom stereocenters. The molecule has 5 saturated carbocycles. The summed E-state index contributed by atoms with van der Waals surface area (Å²) in [5, 5.41) is 0. The number of rotatable bonds is 45. The van der Waals surface area contributed by atoms with Crippen LogP contribution in [0.2, 0.25) is 0 Å². The summed E-state index contributed by atoms with van der Waals surface area (Å²) in [6.07, 6.45) is 63.1. The van der Waals surface area contributed by atoms with Gasteiger partial charge in [-0.1, -0.05) is 380 Å². The maximum atomic E-state index is 5.85. The Morgan fingerprint density at radius 2 is 0.307 bits per heavy atom. The fourth-order valence-electron chi connectivity index (χ4n) is 21.2. The molecule has 0 spiro atoms. The Morgan fingerprint density at radius 1 is 0.171 bits per heavy atom. The molecule has 0 saturated heterocycles. The molecule has 0 aromatic heterocycles. The zero-order valence-electron chi connectivity index (χ0n) is 85.3. The minimum Gasteiger partial charge on any atom is -0.489 e. The summed E-state index contributed by atoms with van der Waals surface area (Å²) in [5.41, 5.74) is 13.7. The van der Waals surface area contributed by atoms with Crippen LogP contribution in [0.3, 0.4) is 0 Å². The largest absolute Gasteiger partial charge is 0.489 e. The molecule has 0 amide bonds. The summed E-state index contributed by atoms with van der Waals surface area (Å²) < 4.78 is 29.3. The van der Waals surface area contributed by atoms with Crippen LogP contribution in [0.15, 0.2) is 267 Å². The average molecular weight is 2010 g/mol. The summed E-state index contributed by atoms with van der Waals surface area (Å²) >= 11 is 25.5. The van der Waals surface area contributed by atoms with Crippen LogP contribution in [0, 0.1) is 29.6 Å². The van der Waals surface area contributed by atoms with Crippen molar-refractivity contribution in [3.05, 3.63) is 298 Å². The van der Waals surface area contributed by atoms with Gasteiger partial charge in [-0.2, -0.15) is 0 Å². The Balaban J connectivity index is 0.000000266. The second-order valence-electron chi connectivity index (χ2n) is 40.3. The van der Waals surface area contributed by atoms with E-state index in [9.17, 15) is 0 Å². The van der Waals surface area contributed by atoms with E-state index in [1.807, 2.05) is 121 Å². The first-order chi connectivity index (χ1) is 66.2. The Bertz CT molecular complexity index is 4000. The first kappa shape index (κ1) is 121. The van der Waals surface area contributed by atoms with Gasteiger partial charge in [0.1, 0.15) is 61.8 Å². The van der Waals surface area contributed by atoms with E-state index in [0.717, 1.165) is 112 Å². The van der Waals surface area contributed by atoms with E-state index in [2.05, 4.69) is 156 Å². The lowest BCUT2D eigenvalue weighted by atomic mass is 9.77. The van der Waals surface area contributed by atoms with E-state index in [0.29, 0.717) is 33.0 Å². The molecule has 765 valence electrons. The molecule has 5 nitrogen and oxygen atoms in total. The van der Waals surface area contributed by atoms with E-state index in [4.69, 9.17) is 86.8 Å². The van der Waals surface area contributed by atoms with E-state index in [1.165, 1.54) is 345 Å². The molecule has 15 heteroatoms. The highest BCUT2D eigenvalue weighted by molar-refractivity contribution is 7.81. The molecule has 0 N–H and O–H groups in total. The molecule has 10 aromatic carbocycles.